The van der Waals surface area contributed by atoms with E-state index >= 15 is 0 Å². The van der Waals surface area contributed by atoms with E-state index in [1.807, 2.05) is 0 Å². The average Bonchev–Trinajstić information content (AvgIpc) is 2.63. The predicted molar refractivity (Wildman–Crippen MR) is 69.2 cm³/mol. The molecule has 0 bridgehead atoms. The predicted octanol–water partition coefficient (Wildman–Crippen LogP) is 2.71. The molecule has 0 aromatic rings. The Morgan fingerprint density at radius 3 is 2.89 bits per heavy atom. The molecule has 1 saturated heterocycles. The highest BCUT2D eigenvalue weighted by Gasteiger charge is 2.54. The second kappa shape index (κ2) is 4.18. The average molecular weight is 264 g/mol. The van der Waals surface area contributed by atoms with Crippen LogP contribution in [0.25, 0.3) is 0 Å². The summed E-state index contributed by atoms with van der Waals surface area (Å²) in [6.07, 6.45) is 3.10. The molecule has 4 heteroatoms. The summed E-state index contributed by atoms with van der Waals surface area (Å²) in [5.74, 6) is 0.100. The van der Waals surface area contributed by atoms with Gasteiger partial charge in [-0.1, -0.05) is 20.1 Å². The molecule has 0 radical (unpaired) electrons. The molecule has 3 aliphatic rings. The minimum atomic E-state index is -0.277. The van der Waals surface area contributed by atoms with Crippen LogP contribution in [-0.2, 0) is 14.4 Å². The Morgan fingerprint density at radius 2 is 2.21 bits per heavy atom. The Morgan fingerprint density at radius 1 is 1.47 bits per heavy atom. The van der Waals surface area contributed by atoms with Crippen molar-refractivity contribution >= 4 is 5.97 Å². The molecule has 1 heterocycles. The van der Waals surface area contributed by atoms with Gasteiger partial charge in [-0.05, 0) is 42.6 Å². The molecule has 0 spiro atoms. The number of fused-ring (bicyclic) bond motifs is 2. The van der Waals surface area contributed by atoms with Gasteiger partial charge in [-0.2, -0.15) is 0 Å². The molecule has 0 amide bonds. The summed E-state index contributed by atoms with van der Waals surface area (Å²) in [6.45, 7) is 10.2. The van der Waals surface area contributed by atoms with Gasteiger partial charge in [0, 0.05) is 11.5 Å². The Hall–Kier alpha value is -1.13. The van der Waals surface area contributed by atoms with Crippen LogP contribution < -0.4 is 0 Å². The highest BCUT2D eigenvalue weighted by Crippen LogP contribution is 2.56. The van der Waals surface area contributed by atoms with Crippen LogP contribution in [0.1, 0.15) is 32.6 Å². The maximum atomic E-state index is 11.6. The number of carbonyl (C=O) groups excluding carboxylic acids is 1. The van der Waals surface area contributed by atoms with Gasteiger partial charge in [0.05, 0.1) is 0 Å². The number of esters is 1. The lowest BCUT2D eigenvalue weighted by atomic mass is 9.55. The van der Waals surface area contributed by atoms with E-state index in [-0.39, 0.29) is 35.4 Å². The van der Waals surface area contributed by atoms with Crippen molar-refractivity contribution in [2.45, 2.75) is 44.8 Å². The first-order chi connectivity index (χ1) is 8.96. The molecule has 3 rings (SSSR count). The third-order valence-electron chi connectivity index (χ3n) is 5.38. The first kappa shape index (κ1) is 12.9. The Bertz CT molecular complexity index is 455. The topological polar surface area (TPSA) is 55.8 Å². The zero-order valence-corrected chi connectivity index (χ0v) is 11.2. The molecule has 3 fully saturated rings. The third kappa shape index (κ3) is 1.77. The van der Waals surface area contributed by atoms with Gasteiger partial charge in [0.15, 0.2) is 0 Å². The molecule has 0 aromatic heterocycles. The van der Waals surface area contributed by atoms with Gasteiger partial charge in [0.25, 0.3) is 0 Å². The van der Waals surface area contributed by atoms with Gasteiger partial charge in [-0.15, -0.1) is 0 Å². The minimum Gasteiger partial charge on any atom is -0.458 e. The zero-order valence-electron chi connectivity index (χ0n) is 11.2. The Balaban J connectivity index is 1.88. The van der Waals surface area contributed by atoms with E-state index in [1.165, 1.54) is 0 Å². The molecule has 0 aromatic carbocycles. The highest BCUT2D eigenvalue weighted by atomic mass is 17.1. The standard InChI is InChI=1S/C15H20O4/c1-8-10-6-11-9(2)12(19-17)4-5-15(11,3)7-13(10)18-14(8)16/h10-13,17H,1-2,4-7H2,3H3. The largest absolute Gasteiger partial charge is 0.458 e. The minimum absolute atomic E-state index is 0.0272. The molecule has 1 N–H and O–H groups in total. The van der Waals surface area contributed by atoms with Gasteiger partial charge in [0.2, 0.25) is 0 Å². The lowest BCUT2D eigenvalue weighted by Gasteiger charge is -2.50. The van der Waals surface area contributed by atoms with Crippen molar-refractivity contribution in [3.05, 3.63) is 24.3 Å². The van der Waals surface area contributed by atoms with E-state index in [0.29, 0.717) is 5.57 Å². The molecule has 2 saturated carbocycles. The van der Waals surface area contributed by atoms with E-state index in [0.717, 1.165) is 31.3 Å². The maximum Gasteiger partial charge on any atom is 0.334 e. The Kier molecular flexibility index (Phi) is 2.84. The molecule has 5 unspecified atom stereocenters. The van der Waals surface area contributed by atoms with Crippen LogP contribution in [-0.4, -0.2) is 23.4 Å². The summed E-state index contributed by atoms with van der Waals surface area (Å²) < 4.78 is 5.43. The summed E-state index contributed by atoms with van der Waals surface area (Å²) >= 11 is 0. The second-order valence-electron chi connectivity index (χ2n) is 6.43. The van der Waals surface area contributed by atoms with E-state index < -0.39 is 0 Å². The van der Waals surface area contributed by atoms with Crippen molar-refractivity contribution in [2.24, 2.45) is 17.3 Å². The van der Waals surface area contributed by atoms with Crippen molar-refractivity contribution in [2.75, 3.05) is 0 Å². The van der Waals surface area contributed by atoms with Gasteiger partial charge < -0.3 is 4.74 Å². The van der Waals surface area contributed by atoms with Crippen molar-refractivity contribution in [3.8, 4) is 0 Å². The third-order valence-corrected chi connectivity index (χ3v) is 5.38. The van der Waals surface area contributed by atoms with E-state index in [4.69, 9.17) is 9.99 Å². The summed E-state index contributed by atoms with van der Waals surface area (Å²) in [5.41, 5.74) is 1.62. The maximum absolute atomic E-state index is 11.6. The smallest absolute Gasteiger partial charge is 0.334 e. The van der Waals surface area contributed by atoms with Gasteiger partial charge in [-0.3, -0.25) is 5.26 Å². The zero-order chi connectivity index (χ0) is 13.8. The quantitative estimate of drug-likeness (QED) is 0.260. The number of hydrogen-bond acceptors (Lipinski definition) is 4. The summed E-state index contributed by atoms with van der Waals surface area (Å²) in [4.78, 5) is 16.2. The molecule has 2 aliphatic carbocycles. The fourth-order valence-electron chi connectivity index (χ4n) is 4.16. The monoisotopic (exact) mass is 264 g/mol. The molecule has 1 aliphatic heterocycles. The van der Waals surface area contributed by atoms with Crippen molar-refractivity contribution < 1.29 is 19.7 Å². The second-order valence-corrected chi connectivity index (χ2v) is 6.43. The fourth-order valence-corrected chi connectivity index (χ4v) is 4.16. The first-order valence-corrected chi connectivity index (χ1v) is 6.85. The Labute approximate surface area is 113 Å². The molecule has 4 nitrogen and oxygen atoms in total. The highest BCUT2D eigenvalue weighted by molar-refractivity contribution is 5.90. The van der Waals surface area contributed by atoms with Crippen LogP contribution in [0.5, 0.6) is 0 Å². The molecule has 5 atom stereocenters. The molecule has 104 valence electrons. The van der Waals surface area contributed by atoms with Gasteiger partial charge in [0.1, 0.15) is 12.2 Å². The van der Waals surface area contributed by atoms with E-state index in [2.05, 4.69) is 25.0 Å². The fraction of sp³-hybridized carbons (Fsp3) is 0.667. The van der Waals surface area contributed by atoms with Crippen LogP contribution in [0, 0.1) is 17.3 Å². The van der Waals surface area contributed by atoms with Crippen LogP contribution in [0.4, 0.5) is 0 Å². The van der Waals surface area contributed by atoms with Crippen LogP contribution in [0.15, 0.2) is 24.3 Å². The van der Waals surface area contributed by atoms with Gasteiger partial charge >= 0.3 is 5.97 Å². The summed E-state index contributed by atoms with van der Waals surface area (Å²) in [6, 6.07) is 0. The van der Waals surface area contributed by atoms with Crippen molar-refractivity contribution in [1.82, 2.24) is 0 Å². The van der Waals surface area contributed by atoms with Crippen LogP contribution in [0.3, 0.4) is 0 Å². The number of carbonyl (C=O) groups is 1. The van der Waals surface area contributed by atoms with Crippen molar-refractivity contribution in [3.63, 3.8) is 0 Å². The lowest BCUT2D eigenvalue weighted by molar-refractivity contribution is -0.278. The SMILES string of the molecule is C=C1C(=O)OC2CC3(C)CCC(OO)C(=C)C3CC12. The number of ether oxygens (including phenoxy) is 1. The summed E-state index contributed by atoms with van der Waals surface area (Å²) in [5, 5.41) is 8.96. The first-order valence-electron chi connectivity index (χ1n) is 6.85. The normalized spacial score (nSPS) is 45.7. The van der Waals surface area contributed by atoms with Gasteiger partial charge in [-0.25, -0.2) is 9.68 Å². The van der Waals surface area contributed by atoms with Crippen LogP contribution in [0.2, 0.25) is 0 Å². The number of hydrogen-bond donors (Lipinski definition) is 1. The molecule has 19 heavy (non-hydrogen) atoms. The van der Waals surface area contributed by atoms with Crippen LogP contribution >= 0.6 is 0 Å². The molecular formula is C15H20O4. The number of rotatable bonds is 1. The van der Waals surface area contributed by atoms with E-state index in [9.17, 15) is 4.79 Å². The van der Waals surface area contributed by atoms with E-state index in [1.54, 1.807) is 0 Å². The van der Waals surface area contributed by atoms with Crippen molar-refractivity contribution in [1.29, 1.82) is 0 Å². The molecular weight excluding hydrogens is 244 g/mol. The summed E-state index contributed by atoms with van der Waals surface area (Å²) in [7, 11) is 0. The lowest BCUT2D eigenvalue weighted by Crippen LogP contribution is -2.47.